The van der Waals surface area contributed by atoms with E-state index in [-0.39, 0.29) is 0 Å². The molecule has 0 aliphatic carbocycles. The predicted molar refractivity (Wildman–Crippen MR) is 63.9 cm³/mol. The van der Waals surface area contributed by atoms with Crippen LogP contribution >= 0.6 is 0 Å². The first-order valence-corrected chi connectivity index (χ1v) is 5.73. The standard InChI is InChI=1S/C13H21NO/c1-3-5-7-12(4-2)14-10-9-13-8-6-11-15-13/h3,6,8,11-12,14H,1,4-5,7,9-10H2,2H3. The highest BCUT2D eigenvalue weighted by Gasteiger charge is 2.04. The van der Waals surface area contributed by atoms with Crippen molar-refractivity contribution in [3.63, 3.8) is 0 Å². The second-order valence-electron chi connectivity index (χ2n) is 3.75. The van der Waals surface area contributed by atoms with Gasteiger partial charge in [0.05, 0.1) is 6.26 Å². The van der Waals surface area contributed by atoms with E-state index in [0.717, 1.165) is 25.1 Å². The minimum Gasteiger partial charge on any atom is -0.469 e. The lowest BCUT2D eigenvalue weighted by molar-refractivity contribution is 0.449. The van der Waals surface area contributed by atoms with Crippen molar-refractivity contribution in [2.45, 2.75) is 38.6 Å². The topological polar surface area (TPSA) is 25.2 Å². The largest absolute Gasteiger partial charge is 0.469 e. The van der Waals surface area contributed by atoms with E-state index in [1.54, 1.807) is 6.26 Å². The molecule has 2 heteroatoms. The Morgan fingerprint density at radius 2 is 2.47 bits per heavy atom. The average Bonchev–Trinajstić information content (AvgIpc) is 2.76. The average molecular weight is 207 g/mol. The third-order valence-corrected chi connectivity index (χ3v) is 2.60. The zero-order valence-electron chi connectivity index (χ0n) is 9.54. The van der Waals surface area contributed by atoms with Crippen LogP contribution in [0.2, 0.25) is 0 Å². The highest BCUT2D eigenvalue weighted by molar-refractivity contribution is 4.98. The summed E-state index contributed by atoms with van der Waals surface area (Å²) >= 11 is 0. The van der Waals surface area contributed by atoms with Crippen LogP contribution in [0.25, 0.3) is 0 Å². The van der Waals surface area contributed by atoms with Crippen LogP contribution in [0.4, 0.5) is 0 Å². The highest BCUT2D eigenvalue weighted by atomic mass is 16.3. The van der Waals surface area contributed by atoms with Crippen LogP contribution in [0, 0.1) is 0 Å². The number of furan rings is 1. The van der Waals surface area contributed by atoms with E-state index in [0.29, 0.717) is 6.04 Å². The van der Waals surface area contributed by atoms with Gasteiger partial charge in [0.25, 0.3) is 0 Å². The molecule has 0 aliphatic rings. The summed E-state index contributed by atoms with van der Waals surface area (Å²) in [6, 6.07) is 4.56. The summed E-state index contributed by atoms with van der Waals surface area (Å²) in [7, 11) is 0. The maximum atomic E-state index is 5.27. The predicted octanol–water partition coefficient (Wildman–Crippen LogP) is 3.16. The van der Waals surface area contributed by atoms with Gasteiger partial charge in [0, 0.05) is 19.0 Å². The van der Waals surface area contributed by atoms with Crippen LogP contribution in [0.3, 0.4) is 0 Å². The van der Waals surface area contributed by atoms with Crippen molar-refractivity contribution in [1.82, 2.24) is 5.32 Å². The lowest BCUT2D eigenvalue weighted by Crippen LogP contribution is -2.30. The van der Waals surface area contributed by atoms with Crippen molar-refractivity contribution in [3.05, 3.63) is 36.8 Å². The van der Waals surface area contributed by atoms with E-state index in [9.17, 15) is 0 Å². The van der Waals surface area contributed by atoms with E-state index in [1.807, 2.05) is 18.2 Å². The van der Waals surface area contributed by atoms with Crippen LogP contribution in [0.15, 0.2) is 35.5 Å². The molecule has 15 heavy (non-hydrogen) atoms. The number of nitrogens with one attached hydrogen (secondary N) is 1. The van der Waals surface area contributed by atoms with Crippen LogP contribution < -0.4 is 5.32 Å². The molecule has 0 spiro atoms. The van der Waals surface area contributed by atoms with Gasteiger partial charge in [0.2, 0.25) is 0 Å². The summed E-state index contributed by atoms with van der Waals surface area (Å²) in [5, 5.41) is 3.53. The Balaban J connectivity index is 2.14. The first kappa shape index (κ1) is 12.1. The zero-order chi connectivity index (χ0) is 10.9. The van der Waals surface area contributed by atoms with E-state index in [1.165, 1.54) is 12.8 Å². The fourth-order valence-electron chi connectivity index (χ4n) is 1.62. The normalized spacial score (nSPS) is 12.6. The molecule has 0 bridgehead atoms. The minimum absolute atomic E-state index is 0.609. The molecule has 1 aromatic heterocycles. The molecule has 1 atom stereocenters. The van der Waals surface area contributed by atoms with Crippen molar-refractivity contribution in [2.24, 2.45) is 0 Å². The third-order valence-electron chi connectivity index (χ3n) is 2.60. The number of hydrogen-bond donors (Lipinski definition) is 1. The Hall–Kier alpha value is -1.02. The van der Waals surface area contributed by atoms with Crippen LogP contribution in [0.1, 0.15) is 31.9 Å². The molecule has 84 valence electrons. The molecule has 0 aliphatic heterocycles. The maximum absolute atomic E-state index is 5.27. The third kappa shape index (κ3) is 4.84. The van der Waals surface area contributed by atoms with Gasteiger partial charge >= 0.3 is 0 Å². The molecular formula is C13H21NO. The lowest BCUT2D eigenvalue weighted by Gasteiger charge is -2.15. The molecule has 1 aromatic rings. The van der Waals surface area contributed by atoms with Gasteiger partial charge in [-0.2, -0.15) is 0 Å². The maximum Gasteiger partial charge on any atom is 0.105 e. The first-order valence-electron chi connectivity index (χ1n) is 5.73. The van der Waals surface area contributed by atoms with E-state index >= 15 is 0 Å². The van der Waals surface area contributed by atoms with Crippen LogP contribution in [0.5, 0.6) is 0 Å². The molecule has 0 saturated heterocycles. The van der Waals surface area contributed by atoms with Gasteiger partial charge in [-0.25, -0.2) is 0 Å². The van der Waals surface area contributed by atoms with Gasteiger partial charge in [-0.15, -0.1) is 6.58 Å². The number of rotatable bonds is 8. The summed E-state index contributed by atoms with van der Waals surface area (Å²) in [6.07, 6.45) is 8.12. The summed E-state index contributed by atoms with van der Waals surface area (Å²) in [4.78, 5) is 0. The zero-order valence-corrected chi connectivity index (χ0v) is 9.54. The molecule has 0 saturated carbocycles. The minimum atomic E-state index is 0.609. The molecule has 0 amide bonds. The van der Waals surface area contributed by atoms with Crippen molar-refractivity contribution in [2.75, 3.05) is 6.54 Å². The van der Waals surface area contributed by atoms with Gasteiger partial charge in [0.1, 0.15) is 5.76 Å². The summed E-state index contributed by atoms with van der Waals surface area (Å²) in [5.74, 6) is 1.06. The van der Waals surface area contributed by atoms with Gasteiger partial charge < -0.3 is 9.73 Å². The monoisotopic (exact) mass is 207 g/mol. The van der Waals surface area contributed by atoms with Crippen molar-refractivity contribution in [1.29, 1.82) is 0 Å². The fraction of sp³-hybridized carbons (Fsp3) is 0.538. The Morgan fingerprint density at radius 1 is 1.60 bits per heavy atom. The van der Waals surface area contributed by atoms with E-state index in [2.05, 4.69) is 18.8 Å². The lowest BCUT2D eigenvalue weighted by atomic mass is 10.1. The van der Waals surface area contributed by atoms with Crippen molar-refractivity contribution in [3.8, 4) is 0 Å². The second-order valence-corrected chi connectivity index (χ2v) is 3.75. The first-order chi connectivity index (χ1) is 7.36. The molecule has 2 nitrogen and oxygen atoms in total. The molecule has 1 rings (SSSR count). The molecule has 1 heterocycles. The molecule has 1 N–H and O–H groups in total. The van der Waals surface area contributed by atoms with Gasteiger partial charge in [-0.3, -0.25) is 0 Å². The van der Waals surface area contributed by atoms with E-state index in [4.69, 9.17) is 4.42 Å². The summed E-state index contributed by atoms with van der Waals surface area (Å²) in [5.41, 5.74) is 0. The van der Waals surface area contributed by atoms with Gasteiger partial charge in [0.15, 0.2) is 0 Å². The molecule has 0 radical (unpaired) electrons. The van der Waals surface area contributed by atoms with Crippen LogP contribution in [-0.2, 0) is 6.42 Å². The Bertz CT molecular complexity index is 254. The second kappa shape index (κ2) is 7.30. The fourth-order valence-corrected chi connectivity index (χ4v) is 1.62. The summed E-state index contributed by atoms with van der Waals surface area (Å²) in [6.45, 7) is 6.95. The quantitative estimate of drug-likeness (QED) is 0.662. The Labute approximate surface area is 92.4 Å². The van der Waals surface area contributed by atoms with E-state index < -0.39 is 0 Å². The number of allylic oxidation sites excluding steroid dienone is 1. The highest BCUT2D eigenvalue weighted by Crippen LogP contribution is 2.03. The van der Waals surface area contributed by atoms with Gasteiger partial charge in [-0.1, -0.05) is 13.0 Å². The van der Waals surface area contributed by atoms with Gasteiger partial charge in [-0.05, 0) is 31.4 Å². The molecule has 1 unspecified atom stereocenters. The number of hydrogen-bond acceptors (Lipinski definition) is 2. The van der Waals surface area contributed by atoms with Crippen LogP contribution in [-0.4, -0.2) is 12.6 Å². The molecule has 0 aromatic carbocycles. The smallest absolute Gasteiger partial charge is 0.105 e. The SMILES string of the molecule is C=CCCC(CC)NCCc1ccco1. The molecular weight excluding hydrogens is 186 g/mol. The Kier molecular flexibility index (Phi) is 5.86. The van der Waals surface area contributed by atoms with Crippen molar-refractivity contribution < 1.29 is 4.42 Å². The van der Waals surface area contributed by atoms with Crippen molar-refractivity contribution >= 4 is 0 Å². The Morgan fingerprint density at radius 3 is 3.07 bits per heavy atom. The molecule has 0 fully saturated rings. The summed E-state index contributed by atoms with van der Waals surface area (Å²) < 4.78 is 5.27.